The highest BCUT2D eigenvalue weighted by atomic mass is 35.5. The van der Waals surface area contributed by atoms with E-state index in [2.05, 4.69) is 4.98 Å². The summed E-state index contributed by atoms with van der Waals surface area (Å²) in [5.74, 6) is 0.119. The number of hydrogen-bond acceptors (Lipinski definition) is 10. The predicted molar refractivity (Wildman–Crippen MR) is 188 cm³/mol. The number of hydrogen-bond donors (Lipinski definition) is 0. The summed E-state index contributed by atoms with van der Waals surface area (Å²) in [6.45, 7) is 0.0618. The lowest BCUT2D eigenvalue weighted by molar-refractivity contribution is -0.384. The molecule has 2 aromatic heterocycles. The van der Waals surface area contributed by atoms with Crippen molar-refractivity contribution < 1.29 is 19.2 Å². The molecule has 48 heavy (non-hydrogen) atoms. The molecule has 1 fully saturated rings. The van der Waals surface area contributed by atoms with E-state index >= 15 is 0 Å². The van der Waals surface area contributed by atoms with Crippen molar-refractivity contribution >= 4 is 86.0 Å². The second kappa shape index (κ2) is 12.9. The first-order chi connectivity index (χ1) is 22.9. The Hall–Kier alpha value is -4.96. The highest BCUT2D eigenvalue weighted by molar-refractivity contribution is 8.27. The number of aryl methyl sites for hydroxylation is 1. The topological polar surface area (TPSA) is 144 Å². The molecule has 1 saturated heterocycles. The zero-order valence-corrected chi connectivity index (χ0v) is 28.3. The van der Waals surface area contributed by atoms with Gasteiger partial charge in [0.2, 0.25) is 0 Å². The summed E-state index contributed by atoms with van der Waals surface area (Å²) in [5.41, 5.74) is 0.589. The van der Waals surface area contributed by atoms with E-state index in [9.17, 15) is 24.5 Å². The lowest BCUT2D eigenvalue weighted by Crippen LogP contribution is -2.37. The van der Waals surface area contributed by atoms with Gasteiger partial charge in [0, 0.05) is 36.3 Å². The summed E-state index contributed by atoms with van der Waals surface area (Å²) >= 11 is 19.1. The van der Waals surface area contributed by atoms with Gasteiger partial charge in [-0.3, -0.25) is 38.3 Å². The van der Waals surface area contributed by atoms with Gasteiger partial charge in [-0.25, -0.2) is 4.79 Å². The number of carbonyl (C=O) groups excluding carboxylic acids is 1. The summed E-state index contributed by atoms with van der Waals surface area (Å²) in [6, 6.07) is 15.4. The molecule has 0 bridgehead atoms. The zero-order chi connectivity index (χ0) is 34.4. The molecule has 5 aromatic rings. The number of carbonyl (C=O) groups is 1. The van der Waals surface area contributed by atoms with Gasteiger partial charge in [-0.2, -0.15) is 4.98 Å². The van der Waals surface area contributed by atoms with Crippen LogP contribution >= 0.6 is 47.2 Å². The van der Waals surface area contributed by atoms with Gasteiger partial charge in [-0.1, -0.05) is 59.3 Å². The van der Waals surface area contributed by atoms with Crippen molar-refractivity contribution in [2.24, 2.45) is 14.1 Å². The molecule has 0 spiro atoms. The average molecular weight is 726 g/mol. The molecule has 1 aliphatic rings. The van der Waals surface area contributed by atoms with Crippen molar-refractivity contribution in [1.82, 2.24) is 18.7 Å². The monoisotopic (exact) mass is 724 g/mol. The van der Waals surface area contributed by atoms with Gasteiger partial charge >= 0.3 is 11.7 Å². The SMILES string of the molecule is COc1cc(C=C2SC(=S)N(c3ccc([N+](=O)[O-])cc3)C2=O)ccc1Oc1nc2c(c(=O)n(C)c(=O)n2C)n1Cc1ccc(Cl)cc1Cl. The van der Waals surface area contributed by atoms with Crippen molar-refractivity contribution in [3.8, 4) is 17.5 Å². The number of nitro groups is 1. The molecule has 3 heterocycles. The first kappa shape index (κ1) is 33.0. The molecule has 1 amide bonds. The van der Waals surface area contributed by atoms with Gasteiger partial charge in [0.15, 0.2) is 27.0 Å². The number of aromatic nitrogens is 4. The minimum absolute atomic E-state index is 0.00987. The average Bonchev–Trinajstić information content (AvgIpc) is 3.55. The largest absolute Gasteiger partial charge is 0.493 e. The Kier molecular flexibility index (Phi) is 8.87. The number of nitro benzene ring substituents is 1. The van der Waals surface area contributed by atoms with E-state index in [1.807, 2.05) is 0 Å². The summed E-state index contributed by atoms with van der Waals surface area (Å²) in [7, 11) is 4.31. The maximum Gasteiger partial charge on any atom is 0.332 e. The molecule has 6 rings (SSSR count). The number of imidazole rings is 1. The molecule has 0 N–H and O–H groups in total. The van der Waals surface area contributed by atoms with Crippen LogP contribution in [0.5, 0.6) is 17.5 Å². The molecule has 0 unspecified atom stereocenters. The van der Waals surface area contributed by atoms with Crippen molar-refractivity contribution in [3.63, 3.8) is 0 Å². The van der Waals surface area contributed by atoms with Gasteiger partial charge in [-0.15, -0.1) is 0 Å². The Balaban J connectivity index is 1.36. The van der Waals surface area contributed by atoms with Crippen molar-refractivity contribution in [2.45, 2.75) is 6.54 Å². The minimum atomic E-state index is -0.575. The molecule has 1 aliphatic heterocycles. The third-order valence-corrected chi connectivity index (χ3v) is 9.34. The minimum Gasteiger partial charge on any atom is -0.493 e. The summed E-state index contributed by atoms with van der Waals surface area (Å²) in [5, 5.41) is 11.8. The van der Waals surface area contributed by atoms with E-state index in [0.717, 1.165) is 16.3 Å². The fraction of sp³-hybridized carbons (Fsp3) is 0.129. The van der Waals surface area contributed by atoms with E-state index in [4.69, 9.17) is 44.9 Å². The maximum absolute atomic E-state index is 13.3. The molecule has 0 aliphatic carbocycles. The normalized spacial score (nSPS) is 13.9. The van der Waals surface area contributed by atoms with Crippen molar-refractivity contribution in [3.05, 3.63) is 118 Å². The lowest BCUT2D eigenvalue weighted by atomic mass is 10.1. The third-order valence-electron chi connectivity index (χ3n) is 7.46. The van der Waals surface area contributed by atoms with E-state index in [0.29, 0.717) is 31.8 Å². The van der Waals surface area contributed by atoms with Crippen LogP contribution in [-0.4, -0.2) is 40.9 Å². The molecule has 17 heteroatoms. The molecular weight excluding hydrogens is 703 g/mol. The highest BCUT2D eigenvalue weighted by Crippen LogP contribution is 2.39. The van der Waals surface area contributed by atoms with Crippen molar-refractivity contribution in [2.75, 3.05) is 12.0 Å². The van der Waals surface area contributed by atoms with Gasteiger partial charge in [0.25, 0.3) is 17.2 Å². The number of benzene rings is 3. The van der Waals surface area contributed by atoms with Crippen LogP contribution in [-0.2, 0) is 25.4 Å². The van der Waals surface area contributed by atoms with Crippen molar-refractivity contribution in [1.29, 1.82) is 0 Å². The Morgan fingerprint density at radius 2 is 1.73 bits per heavy atom. The van der Waals surface area contributed by atoms with E-state index in [-0.39, 0.29) is 51.1 Å². The predicted octanol–water partition coefficient (Wildman–Crippen LogP) is 5.90. The number of halogens is 2. The van der Waals surface area contributed by atoms with Crippen LogP contribution in [0.25, 0.3) is 17.2 Å². The van der Waals surface area contributed by atoms with E-state index in [1.165, 1.54) is 59.5 Å². The van der Waals surface area contributed by atoms with Crippen LogP contribution in [0.1, 0.15) is 11.1 Å². The molecule has 244 valence electrons. The Morgan fingerprint density at radius 1 is 1.00 bits per heavy atom. The summed E-state index contributed by atoms with van der Waals surface area (Å²) in [4.78, 5) is 56.0. The van der Waals surface area contributed by atoms with Gasteiger partial charge in [-0.05, 0) is 53.6 Å². The fourth-order valence-electron chi connectivity index (χ4n) is 4.99. The summed E-state index contributed by atoms with van der Waals surface area (Å²) < 4.78 is 15.9. The molecule has 3 aromatic carbocycles. The molecular formula is C31H22Cl2N6O7S2. The number of thiocarbonyl (C=S) groups is 1. The zero-order valence-electron chi connectivity index (χ0n) is 25.2. The standard InChI is InChI=1S/C31H22Cl2N6O7S2/c1-35-26-25(28(41)36(2)30(35)42)37(15-17-5-6-18(32)14-21(17)33)29(34-26)46-22-11-4-16(12-23(22)45-3)13-24-27(40)38(31(47)48-24)19-7-9-20(10-8-19)39(43)44/h4-14H,15H2,1-3H3. The smallest absolute Gasteiger partial charge is 0.332 e. The van der Waals surface area contributed by atoms with Crippen LogP contribution in [0.15, 0.2) is 75.2 Å². The number of methoxy groups -OCH3 is 1. The summed E-state index contributed by atoms with van der Waals surface area (Å²) in [6.07, 6.45) is 1.63. The number of rotatable bonds is 8. The quantitative estimate of drug-likeness (QED) is 0.0821. The lowest BCUT2D eigenvalue weighted by Gasteiger charge is -2.14. The number of anilines is 1. The number of ether oxygens (including phenoxy) is 2. The first-order valence-electron chi connectivity index (χ1n) is 13.9. The highest BCUT2D eigenvalue weighted by Gasteiger charge is 2.33. The van der Waals surface area contributed by atoms with Crippen LogP contribution in [0.2, 0.25) is 10.0 Å². The Bertz CT molecular complexity index is 2330. The second-order valence-corrected chi connectivity index (χ2v) is 12.9. The number of fused-ring (bicyclic) bond motifs is 1. The molecule has 0 saturated carbocycles. The Labute approximate surface area is 290 Å². The van der Waals surface area contributed by atoms with Crippen LogP contribution in [0.3, 0.4) is 0 Å². The fourth-order valence-corrected chi connectivity index (χ4v) is 6.76. The number of non-ortho nitro benzene ring substituents is 1. The van der Waals surface area contributed by atoms with Crippen LogP contribution < -0.4 is 25.6 Å². The number of nitrogens with zero attached hydrogens (tertiary/aromatic N) is 6. The van der Waals surface area contributed by atoms with Crippen LogP contribution in [0, 0.1) is 10.1 Å². The van der Waals surface area contributed by atoms with Gasteiger partial charge < -0.3 is 9.47 Å². The first-order valence-corrected chi connectivity index (χ1v) is 15.8. The maximum atomic E-state index is 13.3. The van der Waals surface area contributed by atoms with E-state index < -0.39 is 16.2 Å². The molecule has 13 nitrogen and oxygen atoms in total. The molecule has 0 radical (unpaired) electrons. The third kappa shape index (κ3) is 5.96. The van der Waals surface area contributed by atoms with Gasteiger partial charge in [0.1, 0.15) is 0 Å². The van der Waals surface area contributed by atoms with Gasteiger partial charge in [0.05, 0.1) is 29.2 Å². The molecule has 0 atom stereocenters. The van der Waals surface area contributed by atoms with Crippen LogP contribution in [0.4, 0.5) is 11.4 Å². The van der Waals surface area contributed by atoms with E-state index in [1.54, 1.807) is 42.5 Å². The number of amides is 1. The Morgan fingerprint density at radius 3 is 2.40 bits per heavy atom. The number of thioether (sulfide) groups is 1. The second-order valence-electron chi connectivity index (χ2n) is 10.4.